The maximum absolute atomic E-state index is 10.5. The Morgan fingerprint density at radius 3 is 3.00 bits per heavy atom. The van der Waals surface area contributed by atoms with Crippen LogP contribution in [0.3, 0.4) is 0 Å². The van der Waals surface area contributed by atoms with E-state index in [0.29, 0.717) is 5.69 Å². The van der Waals surface area contributed by atoms with E-state index in [9.17, 15) is 4.79 Å². The molecule has 1 aromatic heterocycles. The van der Waals surface area contributed by atoms with Crippen LogP contribution >= 0.6 is 0 Å². The average Bonchev–Trinajstić information content (AvgIpc) is 2.68. The lowest BCUT2D eigenvalue weighted by Crippen LogP contribution is -2.11. The Bertz CT molecular complexity index is 375. The third kappa shape index (κ3) is 1.56. The smallest absolute Gasteiger partial charge is 0.353 e. The zero-order valence-electron chi connectivity index (χ0n) is 7.25. The van der Waals surface area contributed by atoms with E-state index in [1.165, 1.54) is 0 Å². The normalized spacial score (nSPS) is 20.0. The van der Waals surface area contributed by atoms with Crippen LogP contribution in [0.15, 0.2) is 29.6 Å². The lowest BCUT2D eigenvalue weighted by atomic mass is 10.1. The molecule has 5 nitrogen and oxygen atoms in total. The molecule has 1 aromatic rings. The largest absolute Gasteiger partial charge is 0.477 e. The van der Waals surface area contributed by atoms with Crippen LogP contribution in [0, 0.1) is 0 Å². The van der Waals surface area contributed by atoms with E-state index in [4.69, 9.17) is 9.94 Å². The van der Waals surface area contributed by atoms with Crippen molar-refractivity contribution in [3.8, 4) is 0 Å². The molecule has 0 aromatic carbocycles. The zero-order chi connectivity index (χ0) is 9.97. The van der Waals surface area contributed by atoms with Crippen LogP contribution in [-0.4, -0.2) is 21.8 Å². The second-order valence-corrected chi connectivity index (χ2v) is 2.90. The molecule has 2 rings (SSSR count). The van der Waals surface area contributed by atoms with Gasteiger partial charge in [-0.1, -0.05) is 11.2 Å². The summed E-state index contributed by atoms with van der Waals surface area (Å²) >= 11 is 0. The van der Waals surface area contributed by atoms with Crippen molar-refractivity contribution in [2.45, 2.75) is 12.5 Å². The minimum Gasteiger partial charge on any atom is -0.477 e. The highest BCUT2D eigenvalue weighted by molar-refractivity contribution is 6.35. The van der Waals surface area contributed by atoms with Crippen molar-refractivity contribution in [2.75, 3.05) is 0 Å². The van der Waals surface area contributed by atoms with Gasteiger partial charge in [-0.2, -0.15) is 0 Å². The van der Waals surface area contributed by atoms with Gasteiger partial charge in [0.25, 0.3) is 0 Å². The second kappa shape index (κ2) is 3.45. The van der Waals surface area contributed by atoms with Gasteiger partial charge in [0.1, 0.15) is 0 Å². The van der Waals surface area contributed by atoms with Crippen molar-refractivity contribution < 1.29 is 14.7 Å². The quantitative estimate of drug-likeness (QED) is 0.758. The van der Waals surface area contributed by atoms with Crippen LogP contribution in [0.5, 0.6) is 0 Å². The molecule has 0 saturated heterocycles. The summed E-state index contributed by atoms with van der Waals surface area (Å²) in [5.74, 6) is -1.04. The molecule has 1 unspecified atom stereocenters. The van der Waals surface area contributed by atoms with Crippen molar-refractivity contribution in [3.05, 3.63) is 30.1 Å². The molecule has 0 aliphatic carbocycles. The second-order valence-electron chi connectivity index (χ2n) is 2.90. The Morgan fingerprint density at radius 1 is 1.57 bits per heavy atom. The lowest BCUT2D eigenvalue weighted by Gasteiger charge is -2.05. The molecular weight excluding hydrogens is 184 g/mol. The van der Waals surface area contributed by atoms with Gasteiger partial charge in [-0.05, 0) is 12.1 Å². The third-order valence-electron chi connectivity index (χ3n) is 1.93. The lowest BCUT2D eigenvalue weighted by molar-refractivity contribution is -0.129. The van der Waals surface area contributed by atoms with E-state index >= 15 is 0 Å². The Labute approximate surface area is 80.0 Å². The molecule has 1 atom stereocenters. The molecule has 2 heterocycles. The van der Waals surface area contributed by atoms with E-state index in [1.807, 2.05) is 6.07 Å². The number of oxime groups is 1. The number of carboxylic acid groups (broad SMARTS) is 1. The molecule has 0 radical (unpaired) electrons. The van der Waals surface area contributed by atoms with E-state index in [0.717, 1.165) is 0 Å². The molecule has 0 spiro atoms. The molecule has 0 bridgehead atoms. The third-order valence-corrected chi connectivity index (χ3v) is 1.93. The standard InChI is InChI=1S/C9H8N2O3/c12-9(13)7-5-8(14-11-7)6-3-1-2-4-10-6/h1-4,8H,5H2,(H,12,13). The average molecular weight is 192 g/mol. The van der Waals surface area contributed by atoms with Crippen molar-refractivity contribution in [3.63, 3.8) is 0 Å². The van der Waals surface area contributed by atoms with E-state index in [-0.39, 0.29) is 18.2 Å². The van der Waals surface area contributed by atoms with Gasteiger partial charge in [-0.25, -0.2) is 4.79 Å². The number of rotatable bonds is 2. The highest BCUT2D eigenvalue weighted by Gasteiger charge is 2.27. The number of pyridine rings is 1. The van der Waals surface area contributed by atoms with Gasteiger partial charge in [-0.3, -0.25) is 4.98 Å². The first-order chi connectivity index (χ1) is 6.77. The van der Waals surface area contributed by atoms with Gasteiger partial charge < -0.3 is 9.94 Å². The highest BCUT2D eigenvalue weighted by Crippen LogP contribution is 2.25. The summed E-state index contributed by atoms with van der Waals surface area (Å²) in [5.41, 5.74) is 0.744. The van der Waals surface area contributed by atoms with Gasteiger partial charge in [0, 0.05) is 12.6 Å². The van der Waals surface area contributed by atoms with E-state index < -0.39 is 5.97 Å². The van der Waals surface area contributed by atoms with Crippen LogP contribution in [0.4, 0.5) is 0 Å². The maximum atomic E-state index is 10.5. The molecule has 1 aliphatic rings. The number of carbonyl (C=O) groups is 1. The first-order valence-corrected chi connectivity index (χ1v) is 4.14. The predicted octanol–water partition coefficient (Wildman–Crippen LogP) is 0.984. The fourth-order valence-electron chi connectivity index (χ4n) is 1.23. The highest BCUT2D eigenvalue weighted by atomic mass is 16.6. The number of aromatic nitrogens is 1. The summed E-state index contributed by atoms with van der Waals surface area (Å²) in [6, 6.07) is 5.40. The van der Waals surface area contributed by atoms with Gasteiger partial charge in [0.05, 0.1) is 5.69 Å². The molecule has 1 N–H and O–H groups in total. The number of carboxylic acids is 1. The van der Waals surface area contributed by atoms with Crippen molar-refractivity contribution in [1.82, 2.24) is 4.98 Å². The molecule has 72 valence electrons. The Hall–Kier alpha value is -1.91. The van der Waals surface area contributed by atoms with Crippen molar-refractivity contribution in [2.24, 2.45) is 5.16 Å². The SMILES string of the molecule is O=C(O)C1=NOC(c2ccccn2)C1. The van der Waals surface area contributed by atoms with Gasteiger partial charge >= 0.3 is 5.97 Å². The van der Waals surface area contributed by atoms with E-state index in [1.54, 1.807) is 18.3 Å². The van der Waals surface area contributed by atoms with Crippen LogP contribution in [0.25, 0.3) is 0 Å². The van der Waals surface area contributed by atoms with Crippen LogP contribution in [0.2, 0.25) is 0 Å². The molecule has 0 amide bonds. The first kappa shape index (κ1) is 8.68. The Morgan fingerprint density at radius 2 is 2.43 bits per heavy atom. The summed E-state index contributed by atoms with van der Waals surface area (Å²) in [6.07, 6.45) is 1.55. The Balaban J connectivity index is 2.10. The van der Waals surface area contributed by atoms with Crippen molar-refractivity contribution >= 4 is 11.7 Å². The molecule has 0 saturated carbocycles. The molecular formula is C9H8N2O3. The molecule has 5 heteroatoms. The number of nitrogens with zero attached hydrogens (tertiary/aromatic N) is 2. The Kier molecular flexibility index (Phi) is 2.14. The van der Waals surface area contributed by atoms with Gasteiger partial charge in [-0.15, -0.1) is 0 Å². The predicted molar refractivity (Wildman–Crippen MR) is 47.8 cm³/mol. The van der Waals surface area contributed by atoms with Crippen LogP contribution in [-0.2, 0) is 9.63 Å². The molecule has 1 aliphatic heterocycles. The number of hydrogen-bond donors (Lipinski definition) is 1. The molecule has 0 fully saturated rings. The minimum atomic E-state index is -1.04. The first-order valence-electron chi connectivity index (χ1n) is 4.14. The van der Waals surface area contributed by atoms with Gasteiger partial charge in [0.15, 0.2) is 11.8 Å². The fraction of sp³-hybridized carbons (Fsp3) is 0.222. The summed E-state index contributed by atoms with van der Waals surface area (Å²) in [6.45, 7) is 0. The van der Waals surface area contributed by atoms with E-state index in [2.05, 4.69) is 10.1 Å². The van der Waals surface area contributed by atoms with Crippen molar-refractivity contribution in [1.29, 1.82) is 0 Å². The van der Waals surface area contributed by atoms with Crippen LogP contribution < -0.4 is 0 Å². The topological polar surface area (TPSA) is 71.8 Å². The fourth-order valence-corrected chi connectivity index (χ4v) is 1.23. The number of aliphatic carboxylic acids is 1. The van der Waals surface area contributed by atoms with Gasteiger partial charge in [0.2, 0.25) is 0 Å². The monoisotopic (exact) mass is 192 g/mol. The molecule has 14 heavy (non-hydrogen) atoms. The zero-order valence-corrected chi connectivity index (χ0v) is 7.25. The summed E-state index contributed by atoms with van der Waals surface area (Å²) in [4.78, 5) is 19.6. The maximum Gasteiger partial charge on any atom is 0.353 e. The summed E-state index contributed by atoms with van der Waals surface area (Å²) in [7, 11) is 0. The summed E-state index contributed by atoms with van der Waals surface area (Å²) < 4.78 is 0. The van der Waals surface area contributed by atoms with Crippen LogP contribution in [0.1, 0.15) is 18.2 Å². The number of hydrogen-bond acceptors (Lipinski definition) is 4. The summed E-state index contributed by atoms with van der Waals surface area (Å²) in [5, 5.41) is 12.1. The minimum absolute atomic E-state index is 0.0423.